The van der Waals surface area contributed by atoms with Crippen molar-refractivity contribution >= 4 is 17.6 Å². The van der Waals surface area contributed by atoms with Crippen LogP contribution in [0.25, 0.3) is 0 Å². The SMILES string of the molecule is CCNC(=NCc1cccc(NC(=O)C(C)CC)c1)NC(C)COC. The van der Waals surface area contributed by atoms with Gasteiger partial charge in [0.15, 0.2) is 5.96 Å². The van der Waals surface area contributed by atoms with Crippen molar-refractivity contribution in [3.8, 4) is 0 Å². The molecule has 6 heteroatoms. The summed E-state index contributed by atoms with van der Waals surface area (Å²) in [7, 11) is 1.68. The van der Waals surface area contributed by atoms with Gasteiger partial charge in [0, 0.05) is 31.3 Å². The number of benzene rings is 1. The molecule has 0 bridgehead atoms. The average molecular weight is 348 g/mol. The Labute approximate surface area is 151 Å². The normalized spacial score (nSPS) is 13.9. The fourth-order valence-electron chi connectivity index (χ4n) is 2.21. The van der Waals surface area contributed by atoms with E-state index in [0.717, 1.165) is 30.2 Å². The summed E-state index contributed by atoms with van der Waals surface area (Å²) in [5.74, 6) is 0.807. The van der Waals surface area contributed by atoms with Crippen LogP contribution in [0.15, 0.2) is 29.3 Å². The van der Waals surface area contributed by atoms with Crippen LogP contribution in [0.4, 0.5) is 5.69 Å². The number of nitrogens with one attached hydrogen (secondary N) is 3. The molecule has 0 saturated carbocycles. The van der Waals surface area contributed by atoms with E-state index in [0.29, 0.717) is 13.2 Å². The third-order valence-electron chi connectivity index (χ3n) is 3.82. The lowest BCUT2D eigenvalue weighted by molar-refractivity contribution is -0.119. The standard InChI is InChI=1S/C19H32N4O2/c1-6-14(3)18(24)23-17-10-8-9-16(11-17)12-21-19(20-7-2)22-15(4)13-25-5/h8-11,14-15H,6-7,12-13H2,1-5H3,(H,23,24)(H2,20,21,22). The molecule has 0 heterocycles. The van der Waals surface area contributed by atoms with Crippen LogP contribution in [-0.4, -0.2) is 38.2 Å². The first-order chi connectivity index (χ1) is 12.0. The van der Waals surface area contributed by atoms with Crippen molar-refractivity contribution in [2.45, 2.75) is 46.7 Å². The van der Waals surface area contributed by atoms with E-state index >= 15 is 0 Å². The fourth-order valence-corrected chi connectivity index (χ4v) is 2.21. The molecule has 0 fully saturated rings. The molecular formula is C19H32N4O2. The number of guanidine groups is 1. The van der Waals surface area contributed by atoms with E-state index in [1.165, 1.54) is 0 Å². The maximum Gasteiger partial charge on any atom is 0.227 e. The second-order valence-corrected chi connectivity index (χ2v) is 6.19. The predicted molar refractivity (Wildman–Crippen MR) is 104 cm³/mol. The Bertz CT molecular complexity index is 560. The topological polar surface area (TPSA) is 74.8 Å². The minimum Gasteiger partial charge on any atom is -0.383 e. The highest BCUT2D eigenvalue weighted by Crippen LogP contribution is 2.13. The van der Waals surface area contributed by atoms with Crippen LogP contribution in [0.2, 0.25) is 0 Å². The summed E-state index contributed by atoms with van der Waals surface area (Å²) in [6.45, 7) is 9.94. The fraction of sp³-hybridized carbons (Fsp3) is 0.579. The van der Waals surface area contributed by atoms with E-state index in [1.54, 1.807) is 7.11 Å². The quantitative estimate of drug-likeness (QED) is 0.474. The summed E-state index contributed by atoms with van der Waals surface area (Å²) >= 11 is 0. The Morgan fingerprint density at radius 3 is 2.68 bits per heavy atom. The number of ether oxygens (including phenoxy) is 1. The van der Waals surface area contributed by atoms with Gasteiger partial charge in [-0.05, 0) is 38.0 Å². The number of amides is 1. The van der Waals surface area contributed by atoms with Crippen LogP contribution < -0.4 is 16.0 Å². The van der Waals surface area contributed by atoms with Crippen LogP contribution in [0.1, 0.15) is 39.7 Å². The number of rotatable bonds is 9. The van der Waals surface area contributed by atoms with Crippen LogP contribution in [0.3, 0.4) is 0 Å². The zero-order valence-corrected chi connectivity index (χ0v) is 16.1. The van der Waals surface area contributed by atoms with Gasteiger partial charge in [0.2, 0.25) is 5.91 Å². The van der Waals surface area contributed by atoms with Gasteiger partial charge in [0.25, 0.3) is 0 Å². The van der Waals surface area contributed by atoms with Crippen LogP contribution in [0, 0.1) is 5.92 Å². The lowest BCUT2D eigenvalue weighted by atomic mass is 10.1. The molecular weight excluding hydrogens is 316 g/mol. The molecule has 0 spiro atoms. The third kappa shape index (κ3) is 8.03. The summed E-state index contributed by atoms with van der Waals surface area (Å²) in [6.07, 6.45) is 0.827. The number of carbonyl (C=O) groups excluding carboxylic acids is 1. The zero-order valence-electron chi connectivity index (χ0n) is 16.1. The minimum absolute atomic E-state index is 0.00788. The van der Waals surface area contributed by atoms with Crippen LogP contribution in [0.5, 0.6) is 0 Å². The van der Waals surface area contributed by atoms with Crippen LogP contribution >= 0.6 is 0 Å². The number of nitrogens with zero attached hydrogens (tertiary/aromatic N) is 1. The number of aliphatic imine (C=N–C) groups is 1. The molecule has 6 nitrogen and oxygen atoms in total. The molecule has 0 saturated heterocycles. The molecule has 1 rings (SSSR count). The van der Waals surface area contributed by atoms with E-state index in [1.807, 2.05) is 52.0 Å². The first-order valence-corrected chi connectivity index (χ1v) is 8.93. The number of hydrogen-bond acceptors (Lipinski definition) is 3. The monoisotopic (exact) mass is 348 g/mol. The molecule has 3 N–H and O–H groups in total. The van der Waals surface area contributed by atoms with Crippen molar-refractivity contribution in [3.63, 3.8) is 0 Å². The maximum absolute atomic E-state index is 12.0. The highest BCUT2D eigenvalue weighted by molar-refractivity contribution is 5.92. The van der Waals surface area contributed by atoms with Crippen molar-refractivity contribution < 1.29 is 9.53 Å². The lowest BCUT2D eigenvalue weighted by Gasteiger charge is -2.17. The van der Waals surface area contributed by atoms with Gasteiger partial charge < -0.3 is 20.7 Å². The summed E-state index contributed by atoms with van der Waals surface area (Å²) in [6, 6.07) is 7.97. The van der Waals surface area contributed by atoms with Gasteiger partial charge in [-0.1, -0.05) is 26.0 Å². The van der Waals surface area contributed by atoms with Gasteiger partial charge in [-0.25, -0.2) is 4.99 Å². The Hall–Kier alpha value is -2.08. The molecule has 1 aromatic rings. The maximum atomic E-state index is 12.0. The first-order valence-electron chi connectivity index (χ1n) is 8.93. The van der Waals surface area contributed by atoms with Crippen molar-refractivity contribution in [1.82, 2.24) is 10.6 Å². The molecule has 1 aromatic carbocycles. The number of hydrogen-bond donors (Lipinski definition) is 3. The molecule has 25 heavy (non-hydrogen) atoms. The molecule has 0 aromatic heterocycles. The Balaban J connectivity index is 2.73. The van der Waals surface area contributed by atoms with E-state index in [2.05, 4.69) is 20.9 Å². The Kier molecular flexibility index (Phi) is 9.62. The van der Waals surface area contributed by atoms with Crippen molar-refractivity contribution in [1.29, 1.82) is 0 Å². The molecule has 1 amide bonds. The van der Waals surface area contributed by atoms with Gasteiger partial charge in [-0.3, -0.25) is 4.79 Å². The van der Waals surface area contributed by atoms with E-state index in [9.17, 15) is 4.79 Å². The van der Waals surface area contributed by atoms with Gasteiger partial charge >= 0.3 is 0 Å². The second-order valence-electron chi connectivity index (χ2n) is 6.19. The molecule has 2 unspecified atom stereocenters. The molecule has 2 atom stereocenters. The van der Waals surface area contributed by atoms with Gasteiger partial charge in [-0.15, -0.1) is 0 Å². The second kappa shape index (κ2) is 11.5. The van der Waals surface area contributed by atoms with Crippen molar-refractivity contribution in [2.24, 2.45) is 10.9 Å². The van der Waals surface area contributed by atoms with Crippen molar-refractivity contribution in [3.05, 3.63) is 29.8 Å². The Morgan fingerprint density at radius 2 is 2.04 bits per heavy atom. The molecule has 0 aliphatic carbocycles. The molecule has 0 radical (unpaired) electrons. The minimum atomic E-state index is 0.00788. The molecule has 0 aliphatic heterocycles. The first kappa shape index (κ1) is 21.0. The largest absolute Gasteiger partial charge is 0.383 e. The summed E-state index contributed by atoms with van der Waals surface area (Å²) in [5, 5.41) is 9.49. The molecule has 140 valence electrons. The number of carbonyl (C=O) groups is 1. The number of anilines is 1. The van der Waals surface area contributed by atoms with Gasteiger partial charge in [-0.2, -0.15) is 0 Å². The third-order valence-corrected chi connectivity index (χ3v) is 3.82. The lowest BCUT2D eigenvalue weighted by Crippen LogP contribution is -2.43. The van der Waals surface area contributed by atoms with Crippen molar-refractivity contribution in [2.75, 3.05) is 25.6 Å². The highest BCUT2D eigenvalue weighted by Gasteiger charge is 2.10. The van der Waals surface area contributed by atoms with Crippen LogP contribution in [-0.2, 0) is 16.1 Å². The summed E-state index contributed by atoms with van der Waals surface area (Å²) in [4.78, 5) is 16.6. The number of methoxy groups -OCH3 is 1. The Morgan fingerprint density at radius 1 is 1.28 bits per heavy atom. The zero-order chi connectivity index (χ0) is 18.7. The molecule has 0 aliphatic rings. The predicted octanol–water partition coefficient (Wildman–Crippen LogP) is 2.76. The van der Waals surface area contributed by atoms with Gasteiger partial charge in [0.05, 0.1) is 13.2 Å². The van der Waals surface area contributed by atoms with Gasteiger partial charge in [0.1, 0.15) is 0 Å². The summed E-state index contributed by atoms with van der Waals surface area (Å²) < 4.78 is 5.14. The average Bonchev–Trinajstić information content (AvgIpc) is 2.59. The van der Waals surface area contributed by atoms with E-state index < -0.39 is 0 Å². The van der Waals surface area contributed by atoms with E-state index in [4.69, 9.17) is 4.74 Å². The summed E-state index contributed by atoms with van der Waals surface area (Å²) in [5.41, 5.74) is 1.85. The highest BCUT2D eigenvalue weighted by atomic mass is 16.5. The van der Waals surface area contributed by atoms with E-state index in [-0.39, 0.29) is 17.9 Å². The smallest absolute Gasteiger partial charge is 0.227 e.